The van der Waals surface area contributed by atoms with Gasteiger partial charge in [0.2, 0.25) is 0 Å². The van der Waals surface area contributed by atoms with Crippen molar-refractivity contribution in [2.45, 2.75) is 0 Å². The van der Waals surface area contributed by atoms with Gasteiger partial charge in [0.05, 0.1) is 0 Å². The van der Waals surface area contributed by atoms with Crippen LogP contribution in [0.25, 0.3) is 0 Å². The van der Waals surface area contributed by atoms with E-state index in [4.69, 9.17) is 0 Å². The second kappa shape index (κ2) is 2.69. The third kappa shape index (κ3) is 2.69. The summed E-state index contributed by atoms with van der Waals surface area (Å²) in [5, 5.41) is 2.91. The van der Waals surface area contributed by atoms with Crippen molar-refractivity contribution in [2.75, 3.05) is 0 Å². The van der Waals surface area contributed by atoms with Crippen LogP contribution in [0, 0.1) is 0 Å². The van der Waals surface area contributed by atoms with Crippen LogP contribution in [-0.2, 0) is 5.31 Å². The maximum absolute atomic E-state index is 10.6. The first kappa shape index (κ1) is 3.69. The predicted octanol–water partition coefficient (Wildman–Crippen LogP) is 0.617. The standard InChI is InChI=1S/CHF.Cf.FO/c1-2;;1-2/h1H;;/q;+1;-1. The van der Waals surface area contributed by atoms with Crippen molar-refractivity contribution >= 4 is 7.18 Å². The van der Waals surface area contributed by atoms with Crippen molar-refractivity contribution in [3.8, 4) is 0 Å². The molecule has 0 bridgehead atoms. The van der Waals surface area contributed by atoms with Gasteiger partial charge in [-0.15, -0.1) is 0 Å². The van der Waals surface area contributed by atoms with E-state index in [1.807, 2.05) is 0 Å². The molecule has 0 aliphatic rings. The van der Waals surface area contributed by atoms with Crippen LogP contribution in [0.4, 0.5) is 8.92 Å². The molecule has 0 aliphatic carbocycles. The molecule has 0 aromatic carbocycles. The Labute approximate surface area is 22.8 Å². The van der Waals surface area contributed by atoms with Gasteiger partial charge in [0.1, 0.15) is 0 Å². The molecule has 1 nitrogen and oxygen atoms in total. The minimum absolute atomic E-state index is 0.231. The van der Waals surface area contributed by atoms with Gasteiger partial charge in [-0.1, -0.05) is 0 Å². The van der Waals surface area contributed by atoms with E-state index in [1.165, 1.54) is 0 Å². The van der Waals surface area contributed by atoms with Crippen LogP contribution in [0.2, 0.25) is 0 Å². The first-order valence-corrected chi connectivity index (χ1v) is 3.28. The second-order valence-corrected chi connectivity index (χ2v) is 1.79. The fraction of sp³-hybridized carbons (Fsp3) is 0. The third-order valence-electron chi connectivity index (χ3n) is 0.0563. The first-order chi connectivity index (χ1) is 2.41. The molecule has 0 aliphatic heterocycles. The number of hydrogen-bond donors (Lipinski definition) is 0. The normalized spacial score (nSPS) is 8.40. The Kier molecular flexibility index (Phi) is 1.99. The van der Waals surface area contributed by atoms with Crippen LogP contribution in [0.3, 0.4) is 0 Å². The molecule has 0 fully saturated rings. The van der Waals surface area contributed by atoms with E-state index in [2.05, 4.69) is 5.31 Å². The third-order valence-corrected chi connectivity index (χ3v) is 0.526. The van der Waals surface area contributed by atoms with E-state index >= 15 is 0 Å². The Morgan fingerprint density at radius 1 is 1.80 bits per heavy atom. The van der Waals surface area contributed by atoms with Crippen LogP contribution in [0.15, 0.2) is 0 Å². The molecule has 4 heteroatoms. The molecule has 0 spiro atoms. The van der Waals surface area contributed by atoms with E-state index in [0.717, 1.165) is 0 Å². The van der Waals surface area contributed by atoms with Gasteiger partial charge in [-0.25, -0.2) is 0 Å². The van der Waals surface area contributed by atoms with Crippen LogP contribution in [0.1, 0.15) is 0 Å². The predicted molar refractivity (Wildman–Crippen MR) is 9.37 cm³/mol. The molecular weight excluding hydrogens is 317 g/mol. The van der Waals surface area contributed by atoms with Gasteiger partial charge in [0, 0.05) is 0 Å². The summed E-state index contributed by atoms with van der Waals surface area (Å²) >= 11 is 0. The molecule has 5 heavy (non-hydrogen) atoms. The molecular formula is CHCfF2O. The van der Waals surface area contributed by atoms with Crippen LogP contribution >= 0.6 is 0 Å². The molecule has 35 valence electrons. The maximum atomic E-state index is 10.6. The van der Waals surface area contributed by atoms with Gasteiger partial charge < -0.3 is 0 Å². The zero-order chi connectivity index (χ0) is 4.12. The van der Waals surface area contributed by atoms with E-state index in [0.29, 0.717) is 0 Å². The van der Waals surface area contributed by atoms with Gasteiger partial charge in [-0.05, 0) is 0 Å². The Balaban J connectivity index is 2.62. The zero-order valence-corrected chi connectivity index (χ0v) is 4.69. The molecule has 0 unspecified atom stereocenters. The number of hydrogen-bond acceptors (Lipinski definition) is 1. The molecule has 0 N–H and O–H groups in total. The molecule has 0 aromatic heterocycles. The topological polar surface area (TPSA) is 9.23 Å². The fourth-order valence-electron chi connectivity index (χ4n) is 0.0106. The average molecular weight is 318 g/mol. The van der Waals surface area contributed by atoms with Crippen molar-refractivity contribution in [2.24, 2.45) is 0 Å². The van der Waals surface area contributed by atoms with Crippen molar-refractivity contribution < 1.29 is 14.2 Å². The monoisotopic (exact) mass is 316 g/mol. The second-order valence-electron chi connectivity index (χ2n) is 0.192. The van der Waals surface area contributed by atoms with Gasteiger partial charge in [0.25, 0.3) is 0 Å². The number of rotatable bonds is 1. The van der Waals surface area contributed by atoms with Crippen molar-refractivity contribution in [3.63, 3.8) is 0 Å². The Bertz CT molecular complexity index is 36.6. The van der Waals surface area contributed by atoms with Crippen LogP contribution in [-0.4, -0.2) is 7.18 Å². The van der Waals surface area contributed by atoms with Crippen molar-refractivity contribution in [3.05, 3.63) is 0 Å². The van der Waals surface area contributed by atoms with E-state index in [1.54, 1.807) is 0 Å². The molecule has 0 atom stereocenters. The van der Waals surface area contributed by atoms with E-state index in [9.17, 15) is 8.92 Å². The van der Waals surface area contributed by atoms with Crippen LogP contribution in [0.5, 0.6) is 0 Å². The zero-order valence-electron chi connectivity index (χ0n) is 2.06. The average Bonchev–Trinajstić information content (AvgIpc) is 1.41. The molecule has 0 radical (unpaired) electrons. The summed E-state index contributed by atoms with van der Waals surface area (Å²) in [6.45, 7) is 0. The Morgan fingerprint density at radius 2 is 2.40 bits per heavy atom. The molecule has 0 amide bonds. The van der Waals surface area contributed by atoms with Gasteiger partial charge >= 0.3 is 21.4 Å². The van der Waals surface area contributed by atoms with E-state index in [-0.39, 0.29) is 7.18 Å². The summed E-state index contributed by atoms with van der Waals surface area (Å²) < 4.78 is 19.3. The molecule has 0 heterocycles. The van der Waals surface area contributed by atoms with Gasteiger partial charge in [-0.2, -0.15) is 0 Å². The summed E-state index contributed by atoms with van der Waals surface area (Å²) in [5.41, 5.74) is 0. The Morgan fingerprint density at radius 3 is 2.40 bits per heavy atom. The number of halogens is 2. The molecule has 0 saturated heterocycles. The summed E-state index contributed by atoms with van der Waals surface area (Å²) in [7, 11) is 0.231. The SMILES string of the molecule is F[CH]=[Cf][O]F. The molecule has 0 saturated carbocycles. The minimum atomic E-state index is -1.59. The summed E-state index contributed by atoms with van der Waals surface area (Å²) in [6.07, 6.45) is 0. The Hall–Kier alpha value is -1.31. The summed E-state index contributed by atoms with van der Waals surface area (Å²) in [5.74, 6) is 0. The van der Waals surface area contributed by atoms with Crippen LogP contribution < -0.4 is 0 Å². The van der Waals surface area contributed by atoms with Gasteiger partial charge in [-0.3, -0.25) is 0 Å². The summed E-state index contributed by atoms with van der Waals surface area (Å²) in [4.78, 5) is 0. The van der Waals surface area contributed by atoms with E-state index < -0.39 is 0 Å². The van der Waals surface area contributed by atoms with Gasteiger partial charge in [0.15, 0.2) is 0 Å². The molecule has 0 aromatic rings. The first-order valence-electron chi connectivity index (χ1n) is 0.684. The molecule has 0 rings (SSSR count). The summed E-state index contributed by atoms with van der Waals surface area (Å²) in [6, 6.07) is 0. The van der Waals surface area contributed by atoms with Crippen molar-refractivity contribution in [1.29, 1.82) is 0 Å². The fourth-order valence-corrected chi connectivity index (χ4v) is 0.0993. The van der Waals surface area contributed by atoms with Crippen molar-refractivity contribution in [1.82, 2.24) is 0 Å². The quantitative estimate of drug-likeness (QED) is 0.689.